The molecule has 0 amide bonds. The number of ether oxygens (including phenoxy) is 1. The molecule has 1 aliphatic carbocycles. The first-order valence-electron chi connectivity index (χ1n) is 7.56. The SMILES string of the molecule is CCCNCC(OCC1CCCCC1)C(C)C. The molecule has 0 aromatic heterocycles. The van der Waals surface area contributed by atoms with Gasteiger partial charge in [-0.15, -0.1) is 0 Å². The Morgan fingerprint density at radius 2 is 1.88 bits per heavy atom. The molecule has 0 heterocycles. The fourth-order valence-electron chi connectivity index (χ4n) is 2.52. The lowest BCUT2D eigenvalue weighted by molar-refractivity contribution is -0.00354. The Kier molecular flexibility index (Phi) is 7.87. The third-order valence-electron chi connectivity index (χ3n) is 3.79. The standard InChI is InChI=1S/C15H31NO/c1-4-10-16-11-15(13(2)3)17-12-14-8-6-5-7-9-14/h13-16H,4-12H2,1-3H3. The number of rotatable bonds is 8. The van der Waals surface area contributed by atoms with Crippen LogP contribution in [0.5, 0.6) is 0 Å². The van der Waals surface area contributed by atoms with Gasteiger partial charge in [0.05, 0.1) is 6.10 Å². The van der Waals surface area contributed by atoms with Crippen LogP contribution in [0.2, 0.25) is 0 Å². The van der Waals surface area contributed by atoms with Gasteiger partial charge in [0.2, 0.25) is 0 Å². The average molecular weight is 241 g/mol. The first-order chi connectivity index (χ1) is 8.24. The van der Waals surface area contributed by atoms with Crippen molar-refractivity contribution in [1.82, 2.24) is 5.32 Å². The molecule has 0 aliphatic heterocycles. The summed E-state index contributed by atoms with van der Waals surface area (Å²) in [6.45, 7) is 9.84. The Labute approximate surface area is 108 Å². The van der Waals surface area contributed by atoms with Crippen LogP contribution in [0.25, 0.3) is 0 Å². The lowest BCUT2D eigenvalue weighted by Gasteiger charge is -2.27. The van der Waals surface area contributed by atoms with E-state index in [2.05, 4.69) is 26.1 Å². The Balaban J connectivity index is 2.18. The van der Waals surface area contributed by atoms with Crippen molar-refractivity contribution in [2.24, 2.45) is 11.8 Å². The summed E-state index contributed by atoms with van der Waals surface area (Å²) < 4.78 is 6.13. The minimum atomic E-state index is 0.392. The van der Waals surface area contributed by atoms with Crippen molar-refractivity contribution in [1.29, 1.82) is 0 Å². The summed E-state index contributed by atoms with van der Waals surface area (Å²) in [6, 6.07) is 0. The summed E-state index contributed by atoms with van der Waals surface area (Å²) in [5, 5.41) is 3.48. The third-order valence-corrected chi connectivity index (χ3v) is 3.79. The summed E-state index contributed by atoms with van der Waals surface area (Å²) in [5.74, 6) is 1.44. The highest BCUT2D eigenvalue weighted by atomic mass is 16.5. The molecular formula is C15H31NO. The molecule has 1 rings (SSSR count). The second kappa shape index (κ2) is 8.93. The maximum Gasteiger partial charge on any atom is 0.0722 e. The van der Waals surface area contributed by atoms with Gasteiger partial charge in [-0.1, -0.05) is 40.0 Å². The molecule has 17 heavy (non-hydrogen) atoms. The van der Waals surface area contributed by atoms with Crippen LogP contribution >= 0.6 is 0 Å². The van der Waals surface area contributed by atoms with Gasteiger partial charge in [-0.2, -0.15) is 0 Å². The van der Waals surface area contributed by atoms with E-state index in [0.717, 1.165) is 25.6 Å². The summed E-state index contributed by atoms with van der Waals surface area (Å²) >= 11 is 0. The number of hydrogen-bond donors (Lipinski definition) is 1. The highest BCUT2D eigenvalue weighted by molar-refractivity contribution is 4.69. The van der Waals surface area contributed by atoms with Crippen molar-refractivity contribution in [3.8, 4) is 0 Å². The van der Waals surface area contributed by atoms with Gasteiger partial charge in [-0.25, -0.2) is 0 Å². The van der Waals surface area contributed by atoms with E-state index in [-0.39, 0.29) is 0 Å². The minimum Gasteiger partial charge on any atom is -0.376 e. The number of hydrogen-bond acceptors (Lipinski definition) is 2. The molecule has 2 nitrogen and oxygen atoms in total. The predicted octanol–water partition coefficient (Wildman–Crippen LogP) is 3.61. The van der Waals surface area contributed by atoms with Crippen molar-refractivity contribution in [3.05, 3.63) is 0 Å². The molecule has 0 radical (unpaired) electrons. The first kappa shape index (κ1) is 15.0. The van der Waals surface area contributed by atoms with Gasteiger partial charge in [0.15, 0.2) is 0 Å². The first-order valence-corrected chi connectivity index (χ1v) is 7.56. The Hall–Kier alpha value is -0.0800. The Morgan fingerprint density at radius 3 is 2.47 bits per heavy atom. The minimum absolute atomic E-state index is 0.392. The largest absolute Gasteiger partial charge is 0.376 e. The van der Waals surface area contributed by atoms with E-state index < -0.39 is 0 Å². The topological polar surface area (TPSA) is 21.3 Å². The van der Waals surface area contributed by atoms with Crippen LogP contribution in [0.3, 0.4) is 0 Å². The quantitative estimate of drug-likeness (QED) is 0.656. The van der Waals surface area contributed by atoms with Crippen LogP contribution in [0.1, 0.15) is 59.3 Å². The van der Waals surface area contributed by atoms with Crippen molar-refractivity contribution < 1.29 is 4.74 Å². The second-order valence-corrected chi connectivity index (χ2v) is 5.82. The van der Waals surface area contributed by atoms with Gasteiger partial charge >= 0.3 is 0 Å². The second-order valence-electron chi connectivity index (χ2n) is 5.82. The van der Waals surface area contributed by atoms with Gasteiger partial charge in [0, 0.05) is 13.2 Å². The van der Waals surface area contributed by atoms with E-state index in [1.54, 1.807) is 0 Å². The summed E-state index contributed by atoms with van der Waals surface area (Å²) in [4.78, 5) is 0. The fraction of sp³-hybridized carbons (Fsp3) is 1.00. The van der Waals surface area contributed by atoms with E-state index >= 15 is 0 Å². The van der Waals surface area contributed by atoms with Gasteiger partial charge in [0.1, 0.15) is 0 Å². The Morgan fingerprint density at radius 1 is 1.18 bits per heavy atom. The molecule has 1 atom stereocenters. The summed E-state index contributed by atoms with van der Waals surface area (Å²) in [7, 11) is 0. The normalized spacial score (nSPS) is 19.8. The predicted molar refractivity (Wildman–Crippen MR) is 74.3 cm³/mol. The average Bonchev–Trinajstić information content (AvgIpc) is 2.34. The molecule has 0 bridgehead atoms. The van der Waals surface area contributed by atoms with E-state index in [0.29, 0.717) is 12.0 Å². The molecule has 1 aliphatic rings. The van der Waals surface area contributed by atoms with E-state index in [1.807, 2.05) is 0 Å². The van der Waals surface area contributed by atoms with Crippen molar-refractivity contribution in [2.75, 3.05) is 19.7 Å². The van der Waals surface area contributed by atoms with Gasteiger partial charge < -0.3 is 10.1 Å². The number of nitrogens with one attached hydrogen (secondary N) is 1. The molecule has 102 valence electrons. The molecule has 0 spiro atoms. The fourth-order valence-corrected chi connectivity index (χ4v) is 2.52. The van der Waals surface area contributed by atoms with Crippen LogP contribution in [0.4, 0.5) is 0 Å². The molecule has 1 fully saturated rings. The molecule has 1 unspecified atom stereocenters. The zero-order valence-electron chi connectivity index (χ0n) is 12.0. The lowest BCUT2D eigenvalue weighted by atomic mass is 9.90. The molecule has 2 heteroatoms. The molecule has 1 N–H and O–H groups in total. The third kappa shape index (κ3) is 6.42. The highest BCUT2D eigenvalue weighted by Crippen LogP contribution is 2.24. The molecular weight excluding hydrogens is 210 g/mol. The smallest absolute Gasteiger partial charge is 0.0722 e. The maximum atomic E-state index is 6.13. The van der Waals surface area contributed by atoms with Crippen LogP contribution in [-0.2, 0) is 4.74 Å². The van der Waals surface area contributed by atoms with Crippen molar-refractivity contribution in [3.63, 3.8) is 0 Å². The summed E-state index contributed by atoms with van der Waals surface area (Å²) in [6.07, 6.45) is 8.61. The van der Waals surface area contributed by atoms with Gasteiger partial charge in [-0.05, 0) is 37.6 Å². The highest BCUT2D eigenvalue weighted by Gasteiger charge is 2.18. The monoisotopic (exact) mass is 241 g/mol. The molecule has 0 aromatic carbocycles. The van der Waals surface area contributed by atoms with Crippen LogP contribution in [-0.4, -0.2) is 25.8 Å². The Bertz CT molecular complexity index is 176. The molecule has 1 saturated carbocycles. The van der Waals surface area contributed by atoms with Gasteiger partial charge in [0.25, 0.3) is 0 Å². The van der Waals surface area contributed by atoms with Crippen LogP contribution in [0, 0.1) is 11.8 Å². The van der Waals surface area contributed by atoms with E-state index in [4.69, 9.17) is 4.74 Å². The molecule has 0 saturated heterocycles. The van der Waals surface area contributed by atoms with E-state index in [1.165, 1.54) is 38.5 Å². The molecule has 0 aromatic rings. The summed E-state index contributed by atoms with van der Waals surface area (Å²) in [5.41, 5.74) is 0. The maximum absolute atomic E-state index is 6.13. The van der Waals surface area contributed by atoms with Crippen LogP contribution < -0.4 is 5.32 Å². The van der Waals surface area contributed by atoms with E-state index in [9.17, 15) is 0 Å². The zero-order valence-corrected chi connectivity index (χ0v) is 12.0. The van der Waals surface area contributed by atoms with Crippen molar-refractivity contribution in [2.45, 2.75) is 65.4 Å². The van der Waals surface area contributed by atoms with Crippen LogP contribution in [0.15, 0.2) is 0 Å². The van der Waals surface area contributed by atoms with Gasteiger partial charge in [-0.3, -0.25) is 0 Å². The van der Waals surface area contributed by atoms with Crippen molar-refractivity contribution >= 4 is 0 Å². The zero-order chi connectivity index (χ0) is 12.5. The lowest BCUT2D eigenvalue weighted by Crippen LogP contribution is -2.35.